The van der Waals surface area contributed by atoms with Crippen LogP contribution < -0.4 is 10.1 Å². The van der Waals surface area contributed by atoms with Gasteiger partial charge >= 0.3 is 0 Å². The third kappa shape index (κ3) is 5.78. The van der Waals surface area contributed by atoms with Crippen LogP contribution in [-0.2, 0) is 13.1 Å². The topological polar surface area (TPSA) is 40.6 Å². The summed E-state index contributed by atoms with van der Waals surface area (Å²) in [6.45, 7) is 9.93. The Bertz CT molecular complexity index is 652. The Hall–Kier alpha value is -1.47. The smallest absolute Gasteiger partial charge is 0.123 e. The van der Waals surface area contributed by atoms with Gasteiger partial charge in [-0.2, -0.15) is 0 Å². The number of nitrogens with one attached hydrogen (secondary N) is 1. The number of benzene rings is 1. The fourth-order valence-electron chi connectivity index (χ4n) is 2.93. The van der Waals surface area contributed by atoms with Gasteiger partial charge in [0.15, 0.2) is 0 Å². The summed E-state index contributed by atoms with van der Waals surface area (Å²) in [4.78, 5) is 9.34. The van der Waals surface area contributed by atoms with Crippen molar-refractivity contribution in [2.75, 3.05) is 46.4 Å². The molecule has 0 saturated carbocycles. The molecule has 1 aliphatic heterocycles. The molecule has 0 radical (unpaired) electrons. The van der Waals surface area contributed by atoms with Crippen LogP contribution in [0.5, 0.6) is 5.75 Å². The van der Waals surface area contributed by atoms with E-state index in [4.69, 9.17) is 4.74 Å². The number of rotatable bonds is 8. The zero-order valence-corrected chi connectivity index (χ0v) is 16.0. The second-order valence-corrected chi connectivity index (χ2v) is 7.53. The van der Waals surface area contributed by atoms with Gasteiger partial charge in [0.05, 0.1) is 0 Å². The molecule has 0 unspecified atom stereocenters. The molecule has 1 N–H and O–H groups in total. The molecule has 1 fully saturated rings. The molecule has 2 heterocycles. The molecule has 136 valence electrons. The van der Waals surface area contributed by atoms with E-state index >= 15 is 0 Å². The first-order chi connectivity index (χ1) is 12.2. The van der Waals surface area contributed by atoms with Gasteiger partial charge < -0.3 is 15.0 Å². The lowest BCUT2D eigenvalue weighted by molar-refractivity contribution is 0.133. The highest BCUT2D eigenvalue weighted by molar-refractivity contribution is 7.09. The minimum atomic E-state index is 0.742. The second-order valence-electron chi connectivity index (χ2n) is 6.59. The highest BCUT2D eigenvalue weighted by atomic mass is 32.1. The summed E-state index contributed by atoms with van der Waals surface area (Å²) in [6, 6.07) is 8.30. The minimum Gasteiger partial charge on any atom is -0.492 e. The third-order valence-corrected chi connectivity index (χ3v) is 5.46. The maximum Gasteiger partial charge on any atom is 0.123 e. The van der Waals surface area contributed by atoms with Crippen molar-refractivity contribution in [2.24, 2.45) is 0 Å². The Morgan fingerprint density at radius 2 is 1.96 bits per heavy atom. The van der Waals surface area contributed by atoms with Crippen LogP contribution in [0, 0.1) is 6.92 Å². The number of aromatic nitrogens is 1. The minimum absolute atomic E-state index is 0.742. The van der Waals surface area contributed by atoms with Crippen molar-refractivity contribution in [3.8, 4) is 5.75 Å². The van der Waals surface area contributed by atoms with Crippen LogP contribution in [0.15, 0.2) is 29.6 Å². The van der Waals surface area contributed by atoms with Gasteiger partial charge in [0.2, 0.25) is 0 Å². The molecule has 0 aliphatic carbocycles. The lowest BCUT2D eigenvalue weighted by Crippen LogP contribution is -2.45. The molecule has 0 atom stereocenters. The number of nitrogens with zero attached hydrogens (tertiary/aromatic N) is 3. The zero-order valence-electron chi connectivity index (χ0n) is 15.2. The molecule has 0 bridgehead atoms. The average molecular weight is 361 g/mol. The van der Waals surface area contributed by atoms with Gasteiger partial charge in [-0.25, -0.2) is 4.98 Å². The predicted octanol–water partition coefficient (Wildman–Crippen LogP) is 2.37. The lowest BCUT2D eigenvalue weighted by atomic mass is 10.2. The molecule has 0 amide bonds. The highest BCUT2D eigenvalue weighted by Crippen LogP contribution is 2.18. The monoisotopic (exact) mass is 360 g/mol. The summed E-state index contributed by atoms with van der Waals surface area (Å²) >= 11 is 1.70. The van der Waals surface area contributed by atoms with E-state index in [0.717, 1.165) is 68.9 Å². The molecule has 2 aromatic rings. The summed E-state index contributed by atoms with van der Waals surface area (Å²) in [6.07, 6.45) is 0. The van der Waals surface area contributed by atoms with Crippen molar-refractivity contribution >= 4 is 11.3 Å². The third-order valence-electron chi connectivity index (χ3n) is 4.49. The normalized spacial score (nSPS) is 16.2. The summed E-state index contributed by atoms with van der Waals surface area (Å²) < 4.78 is 6.07. The van der Waals surface area contributed by atoms with Gasteiger partial charge in [0, 0.05) is 62.5 Å². The number of piperazine rings is 1. The van der Waals surface area contributed by atoms with Gasteiger partial charge in [-0.3, -0.25) is 4.90 Å². The number of para-hydroxylation sites is 1. The van der Waals surface area contributed by atoms with Crippen molar-refractivity contribution in [3.05, 3.63) is 45.9 Å². The molecular formula is C19H28N4OS. The van der Waals surface area contributed by atoms with E-state index in [1.165, 1.54) is 5.56 Å². The summed E-state index contributed by atoms with van der Waals surface area (Å²) in [5, 5.41) is 6.69. The van der Waals surface area contributed by atoms with Crippen LogP contribution in [0.4, 0.5) is 0 Å². The molecule has 1 aliphatic rings. The quantitative estimate of drug-likeness (QED) is 0.783. The molecule has 1 aromatic heterocycles. The van der Waals surface area contributed by atoms with E-state index in [1.807, 2.05) is 13.0 Å². The molecule has 25 heavy (non-hydrogen) atoms. The number of aryl methyl sites for hydroxylation is 1. The van der Waals surface area contributed by atoms with Crippen LogP contribution in [0.1, 0.15) is 16.3 Å². The van der Waals surface area contributed by atoms with Crippen LogP contribution in [0.2, 0.25) is 0 Å². The van der Waals surface area contributed by atoms with E-state index in [9.17, 15) is 0 Å². The van der Waals surface area contributed by atoms with Crippen LogP contribution >= 0.6 is 11.3 Å². The van der Waals surface area contributed by atoms with Gasteiger partial charge in [0.1, 0.15) is 17.4 Å². The van der Waals surface area contributed by atoms with Crippen molar-refractivity contribution in [1.29, 1.82) is 0 Å². The van der Waals surface area contributed by atoms with Crippen LogP contribution in [0.3, 0.4) is 0 Å². The molecule has 5 nitrogen and oxygen atoms in total. The van der Waals surface area contributed by atoms with Gasteiger partial charge in [-0.15, -0.1) is 11.3 Å². The van der Waals surface area contributed by atoms with E-state index in [2.05, 4.69) is 50.7 Å². The lowest BCUT2D eigenvalue weighted by Gasteiger charge is -2.32. The summed E-state index contributed by atoms with van der Waals surface area (Å²) in [5.41, 5.74) is 2.29. The molecule has 0 spiro atoms. The van der Waals surface area contributed by atoms with Gasteiger partial charge in [-0.05, 0) is 20.0 Å². The summed E-state index contributed by atoms with van der Waals surface area (Å²) in [5.74, 6) is 0.986. The van der Waals surface area contributed by atoms with Crippen molar-refractivity contribution in [2.45, 2.75) is 20.0 Å². The standard InChI is InChI=1S/C19H28N4OS/c1-16-15-25-19(21-16)14-20-13-17-5-3-4-6-18(17)24-12-11-23-9-7-22(2)8-10-23/h3-6,15,20H,7-14H2,1-2H3. The Balaban J connectivity index is 1.43. The maximum atomic E-state index is 6.07. The first kappa shape index (κ1) is 18.3. The molecular weight excluding hydrogens is 332 g/mol. The van der Waals surface area contributed by atoms with E-state index in [1.54, 1.807) is 11.3 Å². The van der Waals surface area contributed by atoms with Gasteiger partial charge in [-0.1, -0.05) is 18.2 Å². The van der Waals surface area contributed by atoms with E-state index in [0.29, 0.717) is 0 Å². The van der Waals surface area contributed by atoms with Crippen LogP contribution in [0.25, 0.3) is 0 Å². The van der Waals surface area contributed by atoms with Crippen molar-refractivity contribution in [3.63, 3.8) is 0 Å². The van der Waals surface area contributed by atoms with E-state index in [-0.39, 0.29) is 0 Å². The Labute approximate surface area is 154 Å². The number of hydrogen-bond donors (Lipinski definition) is 1. The largest absolute Gasteiger partial charge is 0.492 e. The van der Waals surface area contributed by atoms with E-state index < -0.39 is 0 Å². The Morgan fingerprint density at radius 1 is 1.16 bits per heavy atom. The SMILES string of the molecule is Cc1csc(CNCc2ccccc2OCCN2CCN(C)CC2)n1. The molecule has 1 saturated heterocycles. The number of hydrogen-bond acceptors (Lipinski definition) is 6. The fraction of sp³-hybridized carbons (Fsp3) is 0.526. The average Bonchev–Trinajstić information content (AvgIpc) is 3.03. The number of ether oxygens (including phenoxy) is 1. The number of thiazole rings is 1. The highest BCUT2D eigenvalue weighted by Gasteiger charge is 2.13. The second kappa shape index (κ2) is 9.29. The maximum absolute atomic E-state index is 6.07. The van der Waals surface area contributed by atoms with Gasteiger partial charge in [0.25, 0.3) is 0 Å². The van der Waals surface area contributed by atoms with Crippen LogP contribution in [-0.4, -0.2) is 61.2 Å². The Morgan fingerprint density at radius 3 is 2.72 bits per heavy atom. The van der Waals surface area contributed by atoms with Crippen molar-refractivity contribution in [1.82, 2.24) is 20.1 Å². The number of likely N-dealkylation sites (N-methyl/N-ethyl adjacent to an activating group) is 1. The Kier molecular flexibility index (Phi) is 6.81. The summed E-state index contributed by atoms with van der Waals surface area (Å²) in [7, 11) is 2.18. The predicted molar refractivity (Wildman–Crippen MR) is 103 cm³/mol. The fourth-order valence-corrected chi connectivity index (χ4v) is 3.68. The van der Waals surface area contributed by atoms with Crippen molar-refractivity contribution < 1.29 is 4.74 Å². The molecule has 6 heteroatoms. The molecule has 1 aromatic carbocycles. The zero-order chi connectivity index (χ0) is 17.5. The first-order valence-electron chi connectivity index (χ1n) is 8.94. The molecule has 3 rings (SSSR count). The first-order valence-corrected chi connectivity index (χ1v) is 9.82.